The number of amides is 2. The number of aliphatic hydroxyl groups excluding tert-OH is 1. The molecule has 0 aromatic heterocycles. The van der Waals surface area contributed by atoms with Crippen LogP contribution in [0.1, 0.15) is 52.4 Å². The largest absolute Gasteiger partial charge is 0.396 e. The molecule has 0 rings (SSSR count). The normalized spacial score (nSPS) is 11.3. The fourth-order valence-corrected chi connectivity index (χ4v) is 3.62. The Morgan fingerprint density at radius 1 is 0.880 bits per heavy atom. The average Bonchev–Trinajstić information content (AvgIpc) is 2.56. The van der Waals surface area contributed by atoms with E-state index in [9.17, 15) is 14.2 Å². The van der Waals surface area contributed by atoms with Crippen molar-refractivity contribution in [3.8, 4) is 0 Å². The van der Waals surface area contributed by atoms with Crippen molar-refractivity contribution in [2.75, 3.05) is 39.1 Å². The van der Waals surface area contributed by atoms with Crippen LogP contribution in [0.5, 0.6) is 0 Å². The Hall–Kier alpha value is -0.950. The number of carbonyl (C=O) groups is 2. The number of aliphatic hydroxyl groups is 1. The van der Waals surface area contributed by atoms with Crippen LogP contribution in [0.3, 0.4) is 0 Å². The Morgan fingerprint density at radius 2 is 1.40 bits per heavy atom. The van der Waals surface area contributed by atoms with E-state index in [1.165, 1.54) is 0 Å². The molecule has 0 fully saturated rings. The molecule has 0 aromatic rings. The van der Waals surface area contributed by atoms with Crippen LogP contribution in [0.4, 0.5) is 0 Å². The van der Waals surface area contributed by atoms with E-state index < -0.39 is 7.60 Å². The fourth-order valence-electron chi connectivity index (χ4n) is 2.11. The molecule has 0 aromatic carbocycles. The molecular weight excluding hydrogens is 347 g/mol. The number of carbonyl (C=O) groups excluding carboxylic acids is 2. The fraction of sp³-hybridized carbons (Fsp3) is 0.875. The first-order valence-electron chi connectivity index (χ1n) is 8.99. The van der Waals surface area contributed by atoms with E-state index in [4.69, 9.17) is 14.2 Å². The molecule has 0 aliphatic carbocycles. The van der Waals surface area contributed by atoms with Crippen LogP contribution >= 0.6 is 7.60 Å². The van der Waals surface area contributed by atoms with Gasteiger partial charge in [-0.2, -0.15) is 0 Å². The lowest BCUT2D eigenvalue weighted by Crippen LogP contribution is -2.30. The Labute approximate surface area is 150 Å². The molecule has 0 spiro atoms. The van der Waals surface area contributed by atoms with Gasteiger partial charge in [0.1, 0.15) is 0 Å². The first kappa shape index (κ1) is 24.1. The average molecular weight is 380 g/mol. The first-order valence-corrected chi connectivity index (χ1v) is 10.7. The molecule has 0 aliphatic rings. The Morgan fingerprint density at radius 3 is 1.92 bits per heavy atom. The Kier molecular flexibility index (Phi) is 14.7. The lowest BCUT2D eigenvalue weighted by atomic mass is 10.2. The Balaban J connectivity index is 3.78. The van der Waals surface area contributed by atoms with Gasteiger partial charge in [-0.25, -0.2) is 0 Å². The smallest absolute Gasteiger partial charge is 0.332 e. The summed E-state index contributed by atoms with van der Waals surface area (Å²) in [6.07, 6.45) is 3.88. The van der Waals surface area contributed by atoms with Crippen molar-refractivity contribution in [1.82, 2.24) is 10.6 Å². The van der Waals surface area contributed by atoms with Crippen molar-refractivity contribution in [1.29, 1.82) is 0 Å². The maximum absolute atomic E-state index is 12.2. The molecule has 0 unspecified atom stereocenters. The monoisotopic (exact) mass is 380 g/mol. The maximum Gasteiger partial charge on any atom is 0.332 e. The molecule has 148 valence electrons. The van der Waals surface area contributed by atoms with Gasteiger partial charge in [-0.3, -0.25) is 14.2 Å². The lowest BCUT2D eigenvalue weighted by Gasteiger charge is -2.17. The van der Waals surface area contributed by atoms with E-state index in [1.807, 2.05) is 0 Å². The summed E-state index contributed by atoms with van der Waals surface area (Å²) in [6.45, 7) is 4.99. The van der Waals surface area contributed by atoms with Crippen LogP contribution < -0.4 is 10.6 Å². The van der Waals surface area contributed by atoms with Gasteiger partial charge >= 0.3 is 7.60 Å². The molecule has 0 saturated carbocycles. The maximum atomic E-state index is 12.2. The van der Waals surface area contributed by atoms with Gasteiger partial charge in [0.2, 0.25) is 11.8 Å². The standard InChI is InChI=1S/C16H33N2O6P/c1-3-23-25(22,24-4-2)14-12-18-16(21)10-9-15(20)17-11-7-5-6-8-13-19/h19H,3-14H2,1-2H3,(H,17,20)(H,18,21). The van der Waals surface area contributed by atoms with E-state index in [-0.39, 0.29) is 57.2 Å². The number of unbranched alkanes of at least 4 members (excludes halogenated alkanes) is 3. The molecule has 25 heavy (non-hydrogen) atoms. The second-order valence-corrected chi connectivity index (χ2v) is 7.69. The van der Waals surface area contributed by atoms with Gasteiger partial charge in [-0.1, -0.05) is 12.8 Å². The van der Waals surface area contributed by atoms with Crippen molar-refractivity contribution < 1.29 is 28.3 Å². The van der Waals surface area contributed by atoms with Crippen molar-refractivity contribution in [2.24, 2.45) is 0 Å². The summed E-state index contributed by atoms with van der Waals surface area (Å²) in [5.74, 6) is -0.427. The first-order chi connectivity index (χ1) is 12.0. The molecular formula is C16H33N2O6P. The third-order valence-electron chi connectivity index (χ3n) is 3.35. The van der Waals surface area contributed by atoms with Crippen molar-refractivity contribution in [3.05, 3.63) is 0 Å². The number of hydrogen-bond acceptors (Lipinski definition) is 6. The summed E-state index contributed by atoms with van der Waals surface area (Å²) >= 11 is 0. The molecule has 2 amide bonds. The summed E-state index contributed by atoms with van der Waals surface area (Å²) in [5, 5.41) is 14.0. The van der Waals surface area contributed by atoms with Crippen LogP contribution in [0.2, 0.25) is 0 Å². The van der Waals surface area contributed by atoms with E-state index in [0.29, 0.717) is 6.54 Å². The highest BCUT2D eigenvalue weighted by Crippen LogP contribution is 2.47. The van der Waals surface area contributed by atoms with Crippen LogP contribution in [0.15, 0.2) is 0 Å². The van der Waals surface area contributed by atoms with Crippen LogP contribution in [0.25, 0.3) is 0 Å². The summed E-state index contributed by atoms with van der Waals surface area (Å²) in [6, 6.07) is 0. The van der Waals surface area contributed by atoms with Crippen LogP contribution in [0, 0.1) is 0 Å². The van der Waals surface area contributed by atoms with Crippen LogP contribution in [-0.4, -0.2) is 56.0 Å². The predicted octanol–water partition coefficient (Wildman–Crippen LogP) is 1.82. The zero-order chi connectivity index (χ0) is 19.0. The van der Waals surface area contributed by atoms with Crippen molar-refractivity contribution in [2.45, 2.75) is 52.4 Å². The SMILES string of the molecule is CCOP(=O)(CCNC(=O)CCC(=O)NCCCCCCO)OCC. The number of nitrogens with one attached hydrogen (secondary N) is 2. The van der Waals surface area contributed by atoms with E-state index in [1.54, 1.807) is 13.8 Å². The van der Waals surface area contributed by atoms with Crippen molar-refractivity contribution in [3.63, 3.8) is 0 Å². The highest BCUT2D eigenvalue weighted by Gasteiger charge is 2.23. The van der Waals surface area contributed by atoms with Gasteiger partial charge in [0.05, 0.1) is 19.4 Å². The topological polar surface area (TPSA) is 114 Å². The second-order valence-electron chi connectivity index (χ2n) is 5.51. The van der Waals surface area contributed by atoms with E-state index in [2.05, 4.69) is 10.6 Å². The van der Waals surface area contributed by atoms with Gasteiger partial charge in [0, 0.05) is 32.5 Å². The minimum Gasteiger partial charge on any atom is -0.396 e. The summed E-state index contributed by atoms with van der Waals surface area (Å²) in [4.78, 5) is 23.3. The van der Waals surface area contributed by atoms with Gasteiger partial charge in [-0.15, -0.1) is 0 Å². The molecule has 0 aliphatic heterocycles. The highest BCUT2D eigenvalue weighted by molar-refractivity contribution is 7.53. The summed E-state index contributed by atoms with van der Waals surface area (Å²) in [5.41, 5.74) is 0. The molecule has 0 heterocycles. The van der Waals surface area contributed by atoms with Gasteiger partial charge in [0.15, 0.2) is 0 Å². The molecule has 0 bridgehead atoms. The highest BCUT2D eigenvalue weighted by atomic mass is 31.2. The zero-order valence-corrected chi connectivity index (χ0v) is 16.3. The summed E-state index contributed by atoms with van der Waals surface area (Å²) in [7, 11) is -3.15. The molecule has 3 N–H and O–H groups in total. The number of hydrogen-bond donors (Lipinski definition) is 3. The van der Waals surface area contributed by atoms with Crippen molar-refractivity contribution >= 4 is 19.4 Å². The van der Waals surface area contributed by atoms with Crippen LogP contribution in [-0.2, 0) is 23.2 Å². The predicted molar refractivity (Wildman–Crippen MR) is 96.5 cm³/mol. The molecule has 0 radical (unpaired) electrons. The molecule has 9 heteroatoms. The Bertz CT molecular complexity index is 409. The van der Waals surface area contributed by atoms with Gasteiger partial charge < -0.3 is 24.8 Å². The van der Waals surface area contributed by atoms with E-state index in [0.717, 1.165) is 25.7 Å². The summed E-state index contributed by atoms with van der Waals surface area (Å²) < 4.78 is 22.5. The van der Waals surface area contributed by atoms with E-state index >= 15 is 0 Å². The van der Waals surface area contributed by atoms with Gasteiger partial charge in [0.25, 0.3) is 0 Å². The minimum atomic E-state index is -3.15. The quantitative estimate of drug-likeness (QED) is 0.278. The minimum absolute atomic E-state index is 0.0872. The second kappa shape index (κ2) is 15.3. The number of rotatable bonds is 16. The molecule has 0 atom stereocenters. The van der Waals surface area contributed by atoms with Gasteiger partial charge in [-0.05, 0) is 26.7 Å². The third-order valence-corrected chi connectivity index (χ3v) is 5.42. The molecule has 0 saturated heterocycles. The lowest BCUT2D eigenvalue weighted by molar-refractivity contribution is -0.126. The zero-order valence-electron chi connectivity index (χ0n) is 15.4. The third kappa shape index (κ3) is 14.0. The molecule has 8 nitrogen and oxygen atoms in total.